The molecule has 1 aromatic carbocycles. The predicted octanol–water partition coefficient (Wildman–Crippen LogP) is 1.27. The molecular weight excluding hydrogens is 236 g/mol. The molecule has 90 valence electrons. The van der Waals surface area contributed by atoms with Crippen molar-refractivity contribution in [1.29, 1.82) is 5.26 Å². The summed E-state index contributed by atoms with van der Waals surface area (Å²) in [6.45, 7) is 0.101. The molecule has 0 heterocycles. The van der Waals surface area contributed by atoms with Crippen molar-refractivity contribution in [2.75, 3.05) is 29.6 Å². The number of carbonyl (C=O) groups is 1. The van der Waals surface area contributed by atoms with Gasteiger partial charge >= 0.3 is 0 Å². The molecule has 0 aromatic heterocycles. The van der Waals surface area contributed by atoms with Crippen LogP contribution in [0.5, 0.6) is 0 Å². The van der Waals surface area contributed by atoms with E-state index in [1.807, 2.05) is 24.3 Å². The van der Waals surface area contributed by atoms with Gasteiger partial charge in [-0.3, -0.25) is 9.69 Å². The van der Waals surface area contributed by atoms with Crippen LogP contribution in [0.3, 0.4) is 0 Å². The van der Waals surface area contributed by atoms with Crippen molar-refractivity contribution in [3.63, 3.8) is 0 Å². The van der Waals surface area contributed by atoms with Crippen LogP contribution >= 0.6 is 11.8 Å². The summed E-state index contributed by atoms with van der Waals surface area (Å²) in [4.78, 5) is 13.3. The standard InChI is InChI=1S/C12H14N2O2S/c13-6-7-14(11-4-2-1-3-5-11)12(16)10-17-9-8-15/h1-5,15H,7-10H2. The number of benzene rings is 1. The van der Waals surface area contributed by atoms with Crippen LogP contribution < -0.4 is 4.90 Å². The lowest BCUT2D eigenvalue weighted by Gasteiger charge is -2.19. The molecular formula is C12H14N2O2S. The maximum absolute atomic E-state index is 11.9. The van der Waals surface area contributed by atoms with Gasteiger partial charge in [0.25, 0.3) is 0 Å². The first-order valence-corrected chi connectivity index (χ1v) is 6.36. The van der Waals surface area contributed by atoms with Crippen LogP contribution in [0.2, 0.25) is 0 Å². The average Bonchev–Trinajstić information content (AvgIpc) is 2.37. The first kappa shape index (κ1) is 13.6. The minimum atomic E-state index is -0.115. The molecule has 1 aromatic rings. The van der Waals surface area contributed by atoms with Gasteiger partial charge in [0.15, 0.2) is 0 Å². The monoisotopic (exact) mass is 250 g/mol. The van der Waals surface area contributed by atoms with E-state index in [0.29, 0.717) is 5.75 Å². The fraction of sp³-hybridized carbons (Fsp3) is 0.333. The van der Waals surface area contributed by atoms with Gasteiger partial charge in [-0.15, -0.1) is 11.8 Å². The van der Waals surface area contributed by atoms with E-state index in [9.17, 15) is 4.79 Å². The second kappa shape index (κ2) is 7.71. The summed E-state index contributed by atoms with van der Waals surface area (Å²) in [6.07, 6.45) is 0. The van der Waals surface area contributed by atoms with Crippen molar-refractivity contribution in [3.8, 4) is 6.07 Å². The molecule has 0 atom stereocenters. The molecule has 1 rings (SSSR count). The van der Waals surface area contributed by atoms with E-state index in [4.69, 9.17) is 10.4 Å². The summed E-state index contributed by atoms with van der Waals surface area (Å²) in [6, 6.07) is 11.1. The number of para-hydroxylation sites is 1. The summed E-state index contributed by atoms with van der Waals surface area (Å²) < 4.78 is 0. The second-order valence-corrected chi connectivity index (χ2v) is 4.35. The van der Waals surface area contributed by atoms with Crippen molar-refractivity contribution in [2.24, 2.45) is 0 Å². The molecule has 0 saturated heterocycles. The Morgan fingerprint density at radius 3 is 2.71 bits per heavy atom. The minimum Gasteiger partial charge on any atom is -0.396 e. The van der Waals surface area contributed by atoms with Gasteiger partial charge in [0.05, 0.1) is 18.4 Å². The summed E-state index contributed by atoms with van der Waals surface area (Å²) >= 11 is 1.36. The maximum Gasteiger partial charge on any atom is 0.237 e. The topological polar surface area (TPSA) is 64.3 Å². The van der Waals surface area contributed by atoms with Gasteiger partial charge in [-0.05, 0) is 12.1 Å². The van der Waals surface area contributed by atoms with Gasteiger partial charge in [0.2, 0.25) is 5.91 Å². The zero-order valence-electron chi connectivity index (χ0n) is 9.37. The summed E-state index contributed by atoms with van der Waals surface area (Å²) in [5.74, 6) is 0.689. The normalized spacial score (nSPS) is 9.65. The van der Waals surface area contributed by atoms with E-state index < -0.39 is 0 Å². The molecule has 0 spiro atoms. The molecule has 4 nitrogen and oxygen atoms in total. The molecule has 0 aliphatic rings. The fourth-order valence-corrected chi connectivity index (χ4v) is 1.91. The van der Waals surface area contributed by atoms with Gasteiger partial charge in [-0.1, -0.05) is 18.2 Å². The van der Waals surface area contributed by atoms with Gasteiger partial charge in [-0.25, -0.2) is 0 Å². The second-order valence-electron chi connectivity index (χ2n) is 3.25. The van der Waals surface area contributed by atoms with Crippen molar-refractivity contribution >= 4 is 23.4 Å². The molecule has 1 amide bonds. The van der Waals surface area contributed by atoms with Gasteiger partial charge < -0.3 is 5.11 Å². The lowest BCUT2D eigenvalue weighted by molar-refractivity contribution is -0.116. The Bertz CT molecular complexity index is 389. The summed E-state index contributed by atoms with van der Waals surface area (Å²) in [5, 5.41) is 17.4. The number of thioether (sulfide) groups is 1. The molecule has 0 saturated carbocycles. The zero-order chi connectivity index (χ0) is 12.5. The third kappa shape index (κ3) is 4.47. The summed E-state index contributed by atoms with van der Waals surface area (Å²) in [5.41, 5.74) is 0.726. The Morgan fingerprint density at radius 2 is 2.12 bits per heavy atom. The quantitative estimate of drug-likeness (QED) is 0.610. The third-order valence-electron chi connectivity index (χ3n) is 2.06. The molecule has 0 bridgehead atoms. The van der Waals surface area contributed by atoms with Crippen molar-refractivity contribution in [2.45, 2.75) is 0 Å². The van der Waals surface area contributed by atoms with E-state index in [-0.39, 0.29) is 24.8 Å². The van der Waals surface area contributed by atoms with Crippen molar-refractivity contribution < 1.29 is 9.90 Å². The van der Waals surface area contributed by atoms with E-state index in [2.05, 4.69) is 0 Å². The lowest BCUT2D eigenvalue weighted by atomic mass is 10.3. The van der Waals surface area contributed by atoms with Crippen LogP contribution in [0.25, 0.3) is 0 Å². The first-order valence-electron chi connectivity index (χ1n) is 5.20. The smallest absolute Gasteiger partial charge is 0.237 e. The maximum atomic E-state index is 11.9. The number of nitriles is 1. The SMILES string of the molecule is N#CCN(C(=O)CSCCO)c1ccccc1. The summed E-state index contributed by atoms with van der Waals surface area (Å²) in [7, 11) is 0. The Kier molecular flexibility index (Phi) is 6.15. The van der Waals surface area contributed by atoms with Crippen LogP contribution in [-0.4, -0.2) is 35.7 Å². The van der Waals surface area contributed by atoms with Gasteiger partial charge in [-0.2, -0.15) is 5.26 Å². The van der Waals surface area contributed by atoms with E-state index >= 15 is 0 Å². The minimum absolute atomic E-state index is 0.0442. The number of rotatable bonds is 6. The third-order valence-corrected chi connectivity index (χ3v) is 2.98. The molecule has 0 unspecified atom stereocenters. The number of amides is 1. The van der Waals surface area contributed by atoms with Crippen LogP contribution in [0.4, 0.5) is 5.69 Å². The Labute approximate surface area is 105 Å². The number of hydrogen-bond acceptors (Lipinski definition) is 4. The highest BCUT2D eigenvalue weighted by Crippen LogP contribution is 2.14. The van der Waals surface area contributed by atoms with Crippen LogP contribution in [-0.2, 0) is 4.79 Å². The highest BCUT2D eigenvalue weighted by Gasteiger charge is 2.14. The number of anilines is 1. The van der Waals surface area contributed by atoms with Crippen molar-refractivity contribution in [1.82, 2.24) is 0 Å². The number of nitrogens with zero attached hydrogens (tertiary/aromatic N) is 2. The molecule has 0 radical (unpaired) electrons. The van der Waals surface area contributed by atoms with Crippen molar-refractivity contribution in [3.05, 3.63) is 30.3 Å². The van der Waals surface area contributed by atoms with Gasteiger partial charge in [0.1, 0.15) is 6.54 Å². The van der Waals surface area contributed by atoms with E-state index in [1.54, 1.807) is 12.1 Å². The Morgan fingerprint density at radius 1 is 1.41 bits per heavy atom. The number of hydrogen-bond donors (Lipinski definition) is 1. The molecule has 17 heavy (non-hydrogen) atoms. The average molecular weight is 250 g/mol. The highest BCUT2D eigenvalue weighted by molar-refractivity contribution is 7.99. The largest absolute Gasteiger partial charge is 0.396 e. The lowest BCUT2D eigenvalue weighted by Crippen LogP contribution is -2.32. The van der Waals surface area contributed by atoms with Crippen LogP contribution in [0.1, 0.15) is 0 Å². The first-order chi connectivity index (χ1) is 8.29. The number of carbonyl (C=O) groups excluding carboxylic acids is 1. The van der Waals surface area contributed by atoms with Crippen LogP contribution in [0.15, 0.2) is 30.3 Å². The van der Waals surface area contributed by atoms with E-state index in [1.165, 1.54) is 16.7 Å². The van der Waals surface area contributed by atoms with Gasteiger partial charge in [0, 0.05) is 11.4 Å². The van der Waals surface area contributed by atoms with E-state index in [0.717, 1.165) is 5.69 Å². The Balaban J connectivity index is 2.66. The Hall–Kier alpha value is -1.51. The fourth-order valence-electron chi connectivity index (χ4n) is 1.30. The molecule has 0 aliphatic heterocycles. The molecule has 1 N–H and O–H groups in total. The highest BCUT2D eigenvalue weighted by atomic mass is 32.2. The predicted molar refractivity (Wildman–Crippen MR) is 68.8 cm³/mol. The number of aliphatic hydroxyl groups excluding tert-OH is 1. The number of aliphatic hydroxyl groups is 1. The zero-order valence-corrected chi connectivity index (χ0v) is 10.2. The molecule has 0 fully saturated rings. The molecule has 5 heteroatoms. The van der Waals surface area contributed by atoms with Crippen LogP contribution in [0, 0.1) is 11.3 Å². The molecule has 0 aliphatic carbocycles.